The van der Waals surface area contributed by atoms with Crippen LogP contribution >= 0.6 is 15.9 Å². The second-order valence-electron chi connectivity index (χ2n) is 4.21. The summed E-state index contributed by atoms with van der Waals surface area (Å²) in [6.07, 6.45) is 0. The summed E-state index contributed by atoms with van der Waals surface area (Å²) >= 11 is 3.56. The molecule has 2 nitrogen and oxygen atoms in total. The number of hydrogen-bond donors (Lipinski definition) is 1. The minimum absolute atomic E-state index is 0.319. The van der Waals surface area contributed by atoms with Crippen LogP contribution < -0.4 is 5.32 Å². The third kappa shape index (κ3) is 5.48. The van der Waals surface area contributed by atoms with E-state index in [0.29, 0.717) is 19.3 Å². The average molecular weight is 298 g/mol. The molecule has 94 valence electrons. The first-order chi connectivity index (χ1) is 8.11. The van der Waals surface area contributed by atoms with Gasteiger partial charge in [-0.25, -0.2) is 0 Å². The zero-order valence-electron chi connectivity index (χ0n) is 10.5. The first kappa shape index (κ1) is 14.4. The van der Waals surface area contributed by atoms with E-state index in [1.165, 1.54) is 5.56 Å². The molecular weight excluding hydrogens is 278 g/mol. The topological polar surface area (TPSA) is 21.3 Å². The van der Waals surface area contributed by atoms with Crippen LogP contribution in [0.1, 0.15) is 25.5 Å². The van der Waals surface area contributed by atoms with Crippen LogP contribution in [-0.2, 0) is 4.74 Å². The number of rotatable bonds is 7. The molecule has 1 rings (SSSR count). The number of benzene rings is 1. The normalized spacial score (nSPS) is 12.4. The standard InChI is InChI=1S/C14H20BrNO/c1-11(2)10-17-9-8-16-12(3)13-6-4-5-7-14(13)15/h4-7,12,16H,1,8-10H2,2-3H3. The predicted molar refractivity (Wildman–Crippen MR) is 76.2 cm³/mol. The molecule has 0 heterocycles. The molecule has 0 amide bonds. The van der Waals surface area contributed by atoms with E-state index in [4.69, 9.17) is 4.74 Å². The molecule has 0 spiro atoms. The zero-order chi connectivity index (χ0) is 12.7. The van der Waals surface area contributed by atoms with E-state index in [1.54, 1.807) is 0 Å². The van der Waals surface area contributed by atoms with Crippen LogP contribution in [0.3, 0.4) is 0 Å². The van der Waals surface area contributed by atoms with Gasteiger partial charge in [0.1, 0.15) is 0 Å². The Labute approximate surface area is 112 Å². The Kier molecular flexibility index (Phi) is 6.48. The summed E-state index contributed by atoms with van der Waals surface area (Å²) < 4.78 is 6.58. The first-order valence-electron chi connectivity index (χ1n) is 5.81. The molecule has 1 aromatic rings. The van der Waals surface area contributed by atoms with E-state index in [0.717, 1.165) is 16.6 Å². The van der Waals surface area contributed by atoms with Gasteiger partial charge in [0.25, 0.3) is 0 Å². The largest absolute Gasteiger partial charge is 0.376 e. The predicted octanol–water partition coefficient (Wildman–Crippen LogP) is 3.69. The van der Waals surface area contributed by atoms with Crippen molar-refractivity contribution < 1.29 is 4.74 Å². The Morgan fingerprint density at radius 2 is 2.18 bits per heavy atom. The average Bonchev–Trinajstić information content (AvgIpc) is 2.28. The van der Waals surface area contributed by atoms with Crippen molar-refractivity contribution in [1.29, 1.82) is 0 Å². The molecule has 1 unspecified atom stereocenters. The van der Waals surface area contributed by atoms with Gasteiger partial charge in [-0.2, -0.15) is 0 Å². The van der Waals surface area contributed by atoms with Gasteiger partial charge in [0, 0.05) is 17.1 Å². The van der Waals surface area contributed by atoms with Crippen molar-refractivity contribution in [3.8, 4) is 0 Å². The van der Waals surface area contributed by atoms with Gasteiger partial charge in [0.05, 0.1) is 13.2 Å². The van der Waals surface area contributed by atoms with Crippen LogP contribution in [-0.4, -0.2) is 19.8 Å². The third-order valence-electron chi connectivity index (χ3n) is 2.42. The van der Waals surface area contributed by atoms with Crippen LogP contribution in [0.4, 0.5) is 0 Å². The van der Waals surface area contributed by atoms with Crippen LogP contribution in [0.5, 0.6) is 0 Å². The van der Waals surface area contributed by atoms with Crippen molar-refractivity contribution in [3.05, 3.63) is 46.5 Å². The molecule has 0 saturated heterocycles. The van der Waals surface area contributed by atoms with E-state index in [9.17, 15) is 0 Å². The maximum atomic E-state index is 5.44. The highest BCUT2D eigenvalue weighted by molar-refractivity contribution is 9.10. The maximum Gasteiger partial charge on any atom is 0.0672 e. The molecule has 17 heavy (non-hydrogen) atoms. The summed E-state index contributed by atoms with van der Waals surface area (Å²) in [5.41, 5.74) is 2.33. The minimum Gasteiger partial charge on any atom is -0.376 e. The molecule has 0 aliphatic rings. The fraction of sp³-hybridized carbons (Fsp3) is 0.429. The van der Waals surface area contributed by atoms with Gasteiger partial charge >= 0.3 is 0 Å². The first-order valence-corrected chi connectivity index (χ1v) is 6.60. The number of nitrogens with one attached hydrogen (secondary N) is 1. The van der Waals surface area contributed by atoms with Gasteiger partial charge in [-0.3, -0.25) is 0 Å². The highest BCUT2D eigenvalue weighted by atomic mass is 79.9. The van der Waals surface area contributed by atoms with Gasteiger partial charge in [-0.15, -0.1) is 0 Å². The molecular formula is C14H20BrNO. The van der Waals surface area contributed by atoms with Gasteiger partial charge in [-0.1, -0.05) is 46.3 Å². The Morgan fingerprint density at radius 1 is 1.47 bits per heavy atom. The monoisotopic (exact) mass is 297 g/mol. The molecule has 0 bridgehead atoms. The van der Waals surface area contributed by atoms with E-state index in [1.807, 2.05) is 13.0 Å². The molecule has 1 N–H and O–H groups in total. The lowest BCUT2D eigenvalue weighted by Gasteiger charge is -2.15. The SMILES string of the molecule is C=C(C)COCCNC(C)c1ccccc1Br. The lowest BCUT2D eigenvalue weighted by atomic mass is 10.1. The summed E-state index contributed by atoms with van der Waals surface area (Å²) in [6, 6.07) is 8.58. The fourth-order valence-corrected chi connectivity index (χ4v) is 2.16. The maximum absolute atomic E-state index is 5.44. The van der Waals surface area contributed by atoms with Crippen molar-refractivity contribution in [2.75, 3.05) is 19.8 Å². The highest BCUT2D eigenvalue weighted by Crippen LogP contribution is 2.22. The molecule has 3 heteroatoms. The number of halogens is 1. The summed E-state index contributed by atoms with van der Waals surface area (Å²) in [5.74, 6) is 0. The Hall–Kier alpha value is -0.640. The van der Waals surface area contributed by atoms with Crippen molar-refractivity contribution in [3.63, 3.8) is 0 Å². The molecule has 0 aliphatic heterocycles. The van der Waals surface area contributed by atoms with Crippen LogP contribution in [0.2, 0.25) is 0 Å². The Bertz CT molecular complexity index is 365. The molecule has 0 radical (unpaired) electrons. The summed E-state index contributed by atoms with van der Waals surface area (Å²) in [7, 11) is 0. The van der Waals surface area contributed by atoms with Crippen molar-refractivity contribution >= 4 is 15.9 Å². The minimum atomic E-state index is 0.319. The third-order valence-corrected chi connectivity index (χ3v) is 3.14. The van der Waals surface area contributed by atoms with Gasteiger partial charge < -0.3 is 10.1 Å². The smallest absolute Gasteiger partial charge is 0.0672 e. The molecule has 0 aromatic heterocycles. The second-order valence-corrected chi connectivity index (χ2v) is 5.06. The van der Waals surface area contributed by atoms with Crippen LogP contribution in [0, 0.1) is 0 Å². The summed E-state index contributed by atoms with van der Waals surface area (Å²) in [4.78, 5) is 0. The van der Waals surface area contributed by atoms with E-state index in [2.05, 4.69) is 52.9 Å². The molecule has 1 atom stereocenters. The van der Waals surface area contributed by atoms with Crippen molar-refractivity contribution in [2.24, 2.45) is 0 Å². The van der Waals surface area contributed by atoms with Gasteiger partial charge in [-0.05, 0) is 25.5 Å². The Balaban J connectivity index is 2.28. The molecule has 0 aliphatic carbocycles. The van der Waals surface area contributed by atoms with E-state index < -0.39 is 0 Å². The molecule has 0 fully saturated rings. The lowest BCUT2D eigenvalue weighted by molar-refractivity contribution is 0.156. The molecule has 1 aromatic carbocycles. The van der Waals surface area contributed by atoms with Gasteiger partial charge in [0.2, 0.25) is 0 Å². The lowest BCUT2D eigenvalue weighted by Crippen LogP contribution is -2.23. The van der Waals surface area contributed by atoms with Crippen LogP contribution in [0.25, 0.3) is 0 Å². The summed E-state index contributed by atoms with van der Waals surface area (Å²) in [5, 5.41) is 3.43. The van der Waals surface area contributed by atoms with Crippen molar-refractivity contribution in [2.45, 2.75) is 19.9 Å². The fourth-order valence-electron chi connectivity index (χ4n) is 1.53. The highest BCUT2D eigenvalue weighted by Gasteiger charge is 2.07. The van der Waals surface area contributed by atoms with E-state index >= 15 is 0 Å². The van der Waals surface area contributed by atoms with Crippen molar-refractivity contribution in [1.82, 2.24) is 5.32 Å². The second kappa shape index (κ2) is 7.64. The van der Waals surface area contributed by atoms with Gasteiger partial charge in [0.15, 0.2) is 0 Å². The number of hydrogen-bond acceptors (Lipinski definition) is 2. The Morgan fingerprint density at radius 3 is 2.82 bits per heavy atom. The quantitative estimate of drug-likeness (QED) is 0.612. The number of ether oxygens (including phenoxy) is 1. The van der Waals surface area contributed by atoms with Crippen LogP contribution in [0.15, 0.2) is 40.9 Å². The zero-order valence-corrected chi connectivity index (χ0v) is 12.1. The summed E-state index contributed by atoms with van der Waals surface area (Å²) in [6.45, 7) is 10.1. The molecule has 0 saturated carbocycles. The van der Waals surface area contributed by atoms with E-state index in [-0.39, 0.29) is 0 Å².